The Balaban J connectivity index is 1.60. The van der Waals surface area contributed by atoms with Crippen molar-refractivity contribution >= 4 is 27.4 Å². The minimum Gasteiger partial charge on any atom is -0.383 e. The van der Waals surface area contributed by atoms with Crippen molar-refractivity contribution < 1.29 is 0 Å². The van der Waals surface area contributed by atoms with E-state index in [1.807, 2.05) is 11.4 Å². The van der Waals surface area contributed by atoms with Crippen LogP contribution in [0.15, 0.2) is 11.4 Å². The molecule has 6 heteroatoms. The average molecular weight is 291 g/mol. The summed E-state index contributed by atoms with van der Waals surface area (Å²) in [5.74, 6) is 1.42. The third-order valence-electron chi connectivity index (χ3n) is 3.81. The van der Waals surface area contributed by atoms with Gasteiger partial charge in [0.05, 0.1) is 11.9 Å². The molecule has 0 amide bonds. The first-order valence-corrected chi connectivity index (χ1v) is 8.01. The molecule has 20 heavy (non-hydrogen) atoms. The van der Waals surface area contributed by atoms with Crippen molar-refractivity contribution in [3.8, 4) is 0 Å². The molecule has 2 N–H and O–H groups in total. The molecule has 3 heterocycles. The SMILES string of the molecule is CN(CCN1CCCC1)Cc1nc(N)c2ccsc2n1. The number of hydrogen-bond donors (Lipinski definition) is 1. The molecule has 3 rings (SSSR count). The van der Waals surface area contributed by atoms with Crippen molar-refractivity contribution in [2.24, 2.45) is 0 Å². The van der Waals surface area contributed by atoms with Gasteiger partial charge in [0.2, 0.25) is 0 Å². The lowest BCUT2D eigenvalue weighted by atomic mass is 10.3. The molecule has 0 spiro atoms. The highest BCUT2D eigenvalue weighted by Crippen LogP contribution is 2.23. The van der Waals surface area contributed by atoms with Gasteiger partial charge in [-0.25, -0.2) is 9.97 Å². The summed E-state index contributed by atoms with van der Waals surface area (Å²) >= 11 is 1.62. The molecule has 5 nitrogen and oxygen atoms in total. The summed E-state index contributed by atoms with van der Waals surface area (Å²) < 4.78 is 0. The first-order valence-electron chi connectivity index (χ1n) is 7.13. The predicted octanol–water partition coefficient (Wildman–Crippen LogP) is 1.80. The van der Waals surface area contributed by atoms with E-state index in [4.69, 9.17) is 5.73 Å². The van der Waals surface area contributed by atoms with Gasteiger partial charge in [0.25, 0.3) is 0 Å². The van der Waals surface area contributed by atoms with Gasteiger partial charge in [0, 0.05) is 13.1 Å². The van der Waals surface area contributed by atoms with E-state index in [2.05, 4.69) is 26.8 Å². The van der Waals surface area contributed by atoms with Gasteiger partial charge >= 0.3 is 0 Å². The van der Waals surface area contributed by atoms with Crippen LogP contribution in [0.3, 0.4) is 0 Å². The molecule has 0 unspecified atom stereocenters. The van der Waals surface area contributed by atoms with Crippen molar-refractivity contribution in [3.05, 3.63) is 17.3 Å². The maximum Gasteiger partial charge on any atom is 0.146 e. The summed E-state index contributed by atoms with van der Waals surface area (Å²) in [7, 11) is 2.12. The lowest BCUT2D eigenvalue weighted by molar-refractivity contribution is 0.249. The van der Waals surface area contributed by atoms with E-state index in [-0.39, 0.29) is 0 Å². The van der Waals surface area contributed by atoms with E-state index in [1.54, 1.807) is 11.3 Å². The summed E-state index contributed by atoms with van der Waals surface area (Å²) in [6.45, 7) is 5.43. The van der Waals surface area contributed by atoms with E-state index in [0.29, 0.717) is 5.82 Å². The number of nitrogens with two attached hydrogens (primary N) is 1. The molecule has 0 atom stereocenters. The van der Waals surface area contributed by atoms with Crippen LogP contribution in [-0.4, -0.2) is 53.0 Å². The molecule has 2 aromatic rings. The monoisotopic (exact) mass is 291 g/mol. The van der Waals surface area contributed by atoms with E-state index < -0.39 is 0 Å². The molecule has 1 aliphatic rings. The molecule has 1 aliphatic heterocycles. The number of anilines is 1. The fourth-order valence-corrected chi connectivity index (χ4v) is 3.42. The smallest absolute Gasteiger partial charge is 0.146 e. The second-order valence-electron chi connectivity index (χ2n) is 5.45. The second-order valence-corrected chi connectivity index (χ2v) is 6.35. The van der Waals surface area contributed by atoms with Gasteiger partial charge in [0.1, 0.15) is 16.5 Å². The zero-order chi connectivity index (χ0) is 13.9. The molecule has 0 aliphatic carbocycles. The van der Waals surface area contributed by atoms with Crippen LogP contribution in [-0.2, 0) is 6.54 Å². The number of aromatic nitrogens is 2. The molecule has 0 radical (unpaired) electrons. The Morgan fingerprint density at radius 3 is 2.95 bits per heavy atom. The molecule has 0 bridgehead atoms. The highest BCUT2D eigenvalue weighted by molar-refractivity contribution is 7.16. The van der Waals surface area contributed by atoms with Crippen LogP contribution in [0.25, 0.3) is 10.2 Å². The fraction of sp³-hybridized carbons (Fsp3) is 0.571. The number of hydrogen-bond acceptors (Lipinski definition) is 6. The summed E-state index contributed by atoms with van der Waals surface area (Å²) in [5, 5.41) is 2.98. The number of nitrogens with zero attached hydrogens (tertiary/aromatic N) is 4. The van der Waals surface area contributed by atoms with Crippen LogP contribution in [0.5, 0.6) is 0 Å². The predicted molar refractivity (Wildman–Crippen MR) is 83.8 cm³/mol. The Hall–Kier alpha value is -1.24. The fourth-order valence-electron chi connectivity index (χ4n) is 2.63. The minimum absolute atomic E-state index is 0.596. The average Bonchev–Trinajstić information content (AvgIpc) is 3.07. The maximum absolute atomic E-state index is 5.98. The number of fused-ring (bicyclic) bond motifs is 1. The quantitative estimate of drug-likeness (QED) is 0.910. The van der Waals surface area contributed by atoms with E-state index in [9.17, 15) is 0 Å². The van der Waals surface area contributed by atoms with Gasteiger partial charge in [-0.2, -0.15) is 0 Å². The van der Waals surface area contributed by atoms with Crippen LogP contribution < -0.4 is 5.73 Å². The number of thiophene rings is 1. The zero-order valence-corrected chi connectivity index (χ0v) is 12.7. The lowest BCUT2D eigenvalue weighted by Gasteiger charge is -2.20. The van der Waals surface area contributed by atoms with Gasteiger partial charge < -0.3 is 10.6 Å². The van der Waals surface area contributed by atoms with Crippen molar-refractivity contribution in [2.75, 3.05) is 39.0 Å². The highest BCUT2D eigenvalue weighted by Gasteiger charge is 2.13. The van der Waals surface area contributed by atoms with Crippen LogP contribution in [0, 0.1) is 0 Å². The van der Waals surface area contributed by atoms with Gasteiger partial charge in [-0.05, 0) is 44.4 Å². The summed E-state index contributed by atoms with van der Waals surface area (Å²) in [5.41, 5.74) is 5.98. The Morgan fingerprint density at radius 2 is 2.15 bits per heavy atom. The minimum atomic E-state index is 0.596. The Morgan fingerprint density at radius 1 is 1.35 bits per heavy atom. The molecule has 1 fully saturated rings. The van der Waals surface area contributed by atoms with Crippen molar-refractivity contribution in [1.29, 1.82) is 0 Å². The van der Waals surface area contributed by atoms with Crippen LogP contribution in [0.4, 0.5) is 5.82 Å². The molecular weight excluding hydrogens is 270 g/mol. The van der Waals surface area contributed by atoms with Gasteiger partial charge in [-0.3, -0.25) is 4.90 Å². The normalized spacial score (nSPS) is 16.5. The van der Waals surface area contributed by atoms with Crippen LogP contribution >= 0.6 is 11.3 Å². The molecular formula is C14H21N5S. The highest BCUT2D eigenvalue weighted by atomic mass is 32.1. The number of rotatable bonds is 5. The van der Waals surface area contributed by atoms with Gasteiger partial charge in [0.15, 0.2) is 0 Å². The third kappa shape index (κ3) is 3.08. The second kappa shape index (κ2) is 6.03. The number of nitrogen functional groups attached to an aromatic ring is 1. The lowest BCUT2D eigenvalue weighted by Crippen LogP contribution is -2.31. The van der Waals surface area contributed by atoms with E-state index in [1.165, 1.54) is 25.9 Å². The van der Waals surface area contributed by atoms with Crippen molar-refractivity contribution in [1.82, 2.24) is 19.8 Å². The number of likely N-dealkylation sites (tertiary alicyclic amines) is 1. The van der Waals surface area contributed by atoms with E-state index >= 15 is 0 Å². The third-order valence-corrected chi connectivity index (χ3v) is 4.62. The van der Waals surface area contributed by atoms with Gasteiger partial charge in [-0.1, -0.05) is 0 Å². The van der Waals surface area contributed by atoms with Crippen LogP contribution in [0.1, 0.15) is 18.7 Å². The van der Waals surface area contributed by atoms with Gasteiger partial charge in [-0.15, -0.1) is 11.3 Å². The van der Waals surface area contributed by atoms with Crippen molar-refractivity contribution in [3.63, 3.8) is 0 Å². The first-order chi connectivity index (χ1) is 9.72. The summed E-state index contributed by atoms with van der Waals surface area (Å²) in [6, 6.07) is 1.98. The molecule has 108 valence electrons. The summed E-state index contributed by atoms with van der Waals surface area (Å²) in [6.07, 6.45) is 2.69. The molecule has 2 aromatic heterocycles. The van der Waals surface area contributed by atoms with E-state index in [0.717, 1.165) is 35.7 Å². The maximum atomic E-state index is 5.98. The Bertz CT molecular complexity index is 576. The zero-order valence-electron chi connectivity index (χ0n) is 11.9. The Kier molecular flexibility index (Phi) is 4.14. The van der Waals surface area contributed by atoms with Crippen LogP contribution in [0.2, 0.25) is 0 Å². The first kappa shape index (κ1) is 13.7. The molecule has 0 saturated carbocycles. The number of likely N-dealkylation sites (N-methyl/N-ethyl adjacent to an activating group) is 1. The standard InChI is InChI=1S/C14H21N5S/c1-18(7-8-19-5-2-3-6-19)10-12-16-13(15)11-4-9-20-14(11)17-12/h4,9H,2-3,5-8,10H2,1H3,(H2,15,16,17). The molecule has 1 saturated heterocycles. The molecule has 0 aromatic carbocycles. The largest absolute Gasteiger partial charge is 0.383 e. The summed E-state index contributed by atoms with van der Waals surface area (Å²) in [4.78, 5) is 14.8. The topological polar surface area (TPSA) is 58.3 Å². The Labute approximate surface area is 123 Å². The van der Waals surface area contributed by atoms with Crippen molar-refractivity contribution in [2.45, 2.75) is 19.4 Å².